The first-order valence-corrected chi connectivity index (χ1v) is 11.4. The van der Waals surface area contributed by atoms with Gasteiger partial charge in [-0.25, -0.2) is 0 Å². The number of ether oxygens (including phenoxy) is 2. The molecule has 0 aromatic carbocycles. The van der Waals surface area contributed by atoms with Crippen LogP contribution in [0.25, 0.3) is 0 Å². The second-order valence-electron chi connectivity index (χ2n) is 8.63. The van der Waals surface area contributed by atoms with Crippen molar-refractivity contribution < 1.29 is 25.2 Å². The number of carbonyl (C=O) groups excluding carboxylic acids is 3. The fourth-order valence-corrected chi connectivity index (χ4v) is 4.58. The van der Waals surface area contributed by atoms with Crippen LogP contribution < -0.4 is 10.6 Å². The molecule has 0 bridgehead atoms. The molecular formula is C21H34N6O5. The maximum absolute atomic E-state index is 12.8. The van der Waals surface area contributed by atoms with E-state index in [0.717, 1.165) is 32.1 Å². The van der Waals surface area contributed by atoms with E-state index in [1.807, 2.05) is 0 Å². The molecule has 178 valence electrons. The van der Waals surface area contributed by atoms with E-state index < -0.39 is 30.0 Å². The number of tetrazole rings is 1. The Hall–Kier alpha value is -2.56. The van der Waals surface area contributed by atoms with Crippen molar-refractivity contribution in [1.82, 2.24) is 31.3 Å². The maximum Gasteiger partial charge on any atom is 0.325 e. The first-order chi connectivity index (χ1) is 15.8. The van der Waals surface area contributed by atoms with E-state index in [2.05, 4.69) is 31.3 Å². The summed E-state index contributed by atoms with van der Waals surface area (Å²) in [5.41, 5.74) is 0. The predicted molar refractivity (Wildman–Crippen MR) is 113 cm³/mol. The summed E-state index contributed by atoms with van der Waals surface area (Å²) in [5, 5.41) is 19.6. The van der Waals surface area contributed by atoms with Gasteiger partial charge in [-0.1, -0.05) is 11.6 Å². The van der Waals surface area contributed by atoms with E-state index >= 15 is 0 Å². The van der Waals surface area contributed by atoms with Crippen LogP contribution in [0.2, 0.25) is 0 Å². The van der Waals surface area contributed by atoms with Gasteiger partial charge in [0.15, 0.2) is 5.82 Å². The number of fused-ring (bicyclic) bond motifs is 1. The third-order valence-corrected chi connectivity index (χ3v) is 6.22. The molecular weight excluding hydrogens is 416 g/mol. The molecule has 1 aliphatic carbocycles. The maximum atomic E-state index is 12.8. The Balaban J connectivity index is 1.45. The van der Waals surface area contributed by atoms with Gasteiger partial charge in [-0.15, -0.1) is 10.2 Å². The average Bonchev–Trinajstić information content (AvgIpc) is 3.30. The molecule has 32 heavy (non-hydrogen) atoms. The summed E-state index contributed by atoms with van der Waals surface area (Å²) in [6.45, 7) is 3.90. The number of carbonyl (C=O) groups is 3. The number of hydrogen-bond acceptors (Lipinski definition) is 9. The molecule has 1 aliphatic heterocycles. The fourth-order valence-electron chi connectivity index (χ4n) is 4.58. The van der Waals surface area contributed by atoms with Crippen LogP contribution in [0.3, 0.4) is 0 Å². The van der Waals surface area contributed by atoms with Crippen molar-refractivity contribution in [3.8, 4) is 0 Å². The Morgan fingerprint density at radius 3 is 2.88 bits per heavy atom. The minimum absolute atomic E-state index is 0.0918. The molecule has 2 aliphatic rings. The third kappa shape index (κ3) is 7.25. The van der Waals surface area contributed by atoms with Gasteiger partial charge in [0.25, 0.3) is 0 Å². The molecule has 5 atom stereocenters. The zero-order valence-corrected chi connectivity index (χ0v) is 18.8. The van der Waals surface area contributed by atoms with E-state index in [-0.39, 0.29) is 25.5 Å². The Morgan fingerprint density at radius 2 is 2.12 bits per heavy atom. The Morgan fingerprint density at radius 1 is 1.28 bits per heavy atom. The van der Waals surface area contributed by atoms with E-state index in [9.17, 15) is 14.4 Å². The van der Waals surface area contributed by atoms with Gasteiger partial charge in [-0.2, -0.15) is 5.21 Å². The van der Waals surface area contributed by atoms with Crippen LogP contribution in [-0.2, 0) is 30.3 Å². The number of nitrogens with one attached hydrogen (secondary N) is 3. The minimum atomic E-state index is -1.52. The number of piperidine rings is 1. The summed E-state index contributed by atoms with van der Waals surface area (Å²) < 4.78 is 18.9. The summed E-state index contributed by atoms with van der Waals surface area (Å²) >= 11 is 0. The molecule has 3 N–H and O–H groups in total. The molecule has 1 amide bonds. The molecule has 0 unspecified atom stereocenters. The topological polar surface area (TPSA) is 148 Å². The largest absolute Gasteiger partial charge is 0.465 e. The third-order valence-electron chi connectivity index (χ3n) is 6.22. The first kappa shape index (κ1) is 22.6. The summed E-state index contributed by atoms with van der Waals surface area (Å²) in [7, 11) is 0. The molecule has 11 nitrogen and oxygen atoms in total. The average molecular weight is 452 g/mol. The lowest BCUT2D eigenvalue weighted by Gasteiger charge is -2.42. The molecule has 2 heterocycles. The Labute approximate surface area is 189 Å². The quantitative estimate of drug-likeness (QED) is 0.433. The van der Waals surface area contributed by atoms with Crippen LogP contribution in [0, 0.1) is 17.8 Å². The van der Waals surface area contributed by atoms with Gasteiger partial charge in [-0.05, 0) is 63.8 Å². The molecule has 1 saturated heterocycles. The fraction of sp³-hybridized carbons (Fsp3) is 0.810. The number of H-pyrrole nitrogens is 1. The van der Waals surface area contributed by atoms with Crippen molar-refractivity contribution in [3.05, 3.63) is 5.82 Å². The summed E-state index contributed by atoms with van der Waals surface area (Å²) in [5.74, 6) is 0.319. The van der Waals surface area contributed by atoms with E-state index in [1.54, 1.807) is 13.8 Å². The minimum Gasteiger partial charge on any atom is -0.465 e. The number of rotatable bonds is 10. The van der Waals surface area contributed by atoms with E-state index in [4.69, 9.17) is 10.8 Å². The van der Waals surface area contributed by atoms with Crippen LogP contribution in [0.4, 0.5) is 0 Å². The summed E-state index contributed by atoms with van der Waals surface area (Å²) in [6, 6.07) is -1.52. The number of aryl methyl sites for hydroxylation is 1. The van der Waals surface area contributed by atoms with Crippen LogP contribution >= 0.6 is 0 Å². The van der Waals surface area contributed by atoms with Crippen molar-refractivity contribution in [2.75, 3.05) is 19.7 Å². The highest BCUT2D eigenvalue weighted by atomic mass is 16.5. The van der Waals surface area contributed by atoms with Crippen LogP contribution in [-0.4, -0.2) is 70.3 Å². The van der Waals surface area contributed by atoms with Gasteiger partial charge in [0.05, 0.1) is 14.4 Å². The highest BCUT2D eigenvalue weighted by Crippen LogP contribution is 2.40. The molecule has 1 aromatic heterocycles. The van der Waals surface area contributed by atoms with Crippen LogP contribution in [0.15, 0.2) is 0 Å². The number of amides is 1. The molecule has 3 rings (SSSR count). The van der Waals surface area contributed by atoms with Gasteiger partial charge >= 0.3 is 11.9 Å². The van der Waals surface area contributed by atoms with Crippen LogP contribution in [0.1, 0.15) is 59.6 Å². The van der Waals surface area contributed by atoms with Gasteiger partial charge in [0.1, 0.15) is 18.7 Å². The number of aromatic nitrogens is 4. The number of aromatic amines is 1. The standard InChI is InChI=1S/C21H34N6O5/c1-3-31-20(29)12-23-19(28)8-13(2)32-21(30)17-10-16-9-14(4-6-15(16)11-22-17)5-7-18-24-26-27-25-18/h13-17,22H,3-12H2,1-2H3,(H,23,28)(H,24,25,26,27)/t13-,14+,15-,16+,17-/m0/s1/i17D. The highest BCUT2D eigenvalue weighted by molar-refractivity contribution is 5.82. The molecule has 0 radical (unpaired) electrons. The molecule has 2 fully saturated rings. The normalized spacial score (nSPS) is 28.7. The lowest BCUT2D eigenvalue weighted by atomic mass is 9.69. The van der Waals surface area contributed by atoms with Crippen molar-refractivity contribution in [1.29, 1.82) is 0 Å². The summed E-state index contributed by atoms with van der Waals surface area (Å²) in [6.07, 6.45) is 4.46. The molecule has 11 heteroatoms. The van der Waals surface area contributed by atoms with Crippen molar-refractivity contribution in [3.63, 3.8) is 0 Å². The molecule has 1 aromatic rings. The SMILES string of the molecule is [2H][C@@]1(C(=O)O[C@@H](C)CC(=O)NCC(=O)OCC)C[C@H]2C[C@@H](CCc3nn[nH]n3)CC[C@H]2CN1. The lowest BCUT2D eigenvalue weighted by molar-refractivity contribution is -0.154. The molecule has 1 saturated carbocycles. The highest BCUT2D eigenvalue weighted by Gasteiger charge is 2.38. The van der Waals surface area contributed by atoms with Crippen LogP contribution in [0.5, 0.6) is 0 Å². The second-order valence-corrected chi connectivity index (χ2v) is 8.63. The smallest absolute Gasteiger partial charge is 0.325 e. The number of esters is 2. The Bertz CT molecular complexity index is 809. The lowest BCUT2D eigenvalue weighted by Crippen LogP contribution is -2.50. The monoisotopic (exact) mass is 451 g/mol. The van der Waals surface area contributed by atoms with Crippen molar-refractivity contribution in [2.24, 2.45) is 17.8 Å². The van der Waals surface area contributed by atoms with Gasteiger partial charge in [0, 0.05) is 6.42 Å². The van der Waals surface area contributed by atoms with Gasteiger partial charge < -0.3 is 20.1 Å². The predicted octanol–water partition coefficient (Wildman–Crippen LogP) is 0.528. The Kier molecular flexibility index (Phi) is 8.41. The molecule has 0 spiro atoms. The number of hydrogen-bond donors (Lipinski definition) is 3. The van der Waals surface area contributed by atoms with Crippen molar-refractivity contribution in [2.45, 2.75) is 70.9 Å². The van der Waals surface area contributed by atoms with Gasteiger partial charge in [-0.3, -0.25) is 14.4 Å². The zero-order chi connectivity index (χ0) is 23.8. The number of nitrogens with zero attached hydrogens (tertiary/aromatic N) is 3. The van der Waals surface area contributed by atoms with Gasteiger partial charge in [0.2, 0.25) is 5.91 Å². The van der Waals surface area contributed by atoms with E-state index in [1.165, 1.54) is 0 Å². The van der Waals surface area contributed by atoms with Crippen molar-refractivity contribution >= 4 is 17.8 Å². The second kappa shape index (κ2) is 11.9. The summed E-state index contributed by atoms with van der Waals surface area (Å²) in [4.78, 5) is 36.1. The van der Waals surface area contributed by atoms with E-state index in [0.29, 0.717) is 30.6 Å². The first-order valence-electron chi connectivity index (χ1n) is 11.9. The zero-order valence-electron chi connectivity index (χ0n) is 19.8.